The SMILES string of the molecule is CCOCCCNCC(C)(C)CCOCC(C)(C)C. The maximum Gasteiger partial charge on any atom is 0.0514 e. The topological polar surface area (TPSA) is 30.5 Å². The molecule has 0 heterocycles. The van der Waals surface area contributed by atoms with Crippen LogP contribution >= 0.6 is 0 Å². The minimum atomic E-state index is 0.266. The lowest BCUT2D eigenvalue weighted by molar-refractivity contribution is 0.0529. The van der Waals surface area contributed by atoms with Gasteiger partial charge in [0.05, 0.1) is 6.61 Å². The summed E-state index contributed by atoms with van der Waals surface area (Å²) in [6.45, 7) is 18.7. The molecule has 0 aliphatic heterocycles. The first-order chi connectivity index (χ1) is 8.77. The first-order valence-electron chi connectivity index (χ1n) is 7.63. The van der Waals surface area contributed by atoms with E-state index in [2.05, 4.69) is 39.9 Å². The quantitative estimate of drug-likeness (QED) is 0.585. The number of hydrogen-bond acceptors (Lipinski definition) is 3. The van der Waals surface area contributed by atoms with E-state index < -0.39 is 0 Å². The van der Waals surface area contributed by atoms with E-state index in [1.54, 1.807) is 0 Å². The van der Waals surface area contributed by atoms with E-state index in [-0.39, 0.29) is 5.41 Å². The van der Waals surface area contributed by atoms with E-state index in [1.165, 1.54) is 0 Å². The van der Waals surface area contributed by atoms with Gasteiger partial charge in [-0.2, -0.15) is 0 Å². The van der Waals surface area contributed by atoms with Crippen LogP contribution in [-0.4, -0.2) is 39.5 Å². The highest BCUT2D eigenvalue weighted by atomic mass is 16.5. The second-order valence-corrected chi connectivity index (χ2v) is 7.25. The van der Waals surface area contributed by atoms with Crippen molar-refractivity contribution in [2.75, 3.05) is 39.5 Å². The molecule has 116 valence electrons. The van der Waals surface area contributed by atoms with Gasteiger partial charge in [-0.1, -0.05) is 34.6 Å². The Balaban J connectivity index is 3.52. The molecule has 0 rings (SSSR count). The standard InChI is InChI=1S/C16H35NO2/c1-7-18-11-8-10-17-13-16(5,6)9-12-19-14-15(2,3)4/h17H,7-14H2,1-6H3. The molecule has 0 bridgehead atoms. The van der Waals surface area contributed by atoms with Crippen LogP contribution in [0.3, 0.4) is 0 Å². The van der Waals surface area contributed by atoms with Gasteiger partial charge in [-0.3, -0.25) is 0 Å². The summed E-state index contributed by atoms with van der Waals surface area (Å²) < 4.78 is 11.1. The Labute approximate surface area is 120 Å². The Morgan fingerprint density at radius 3 is 2.21 bits per heavy atom. The fourth-order valence-corrected chi connectivity index (χ4v) is 1.69. The Hall–Kier alpha value is -0.120. The van der Waals surface area contributed by atoms with E-state index in [0.717, 1.165) is 52.4 Å². The fourth-order valence-electron chi connectivity index (χ4n) is 1.69. The molecule has 0 aromatic rings. The summed E-state index contributed by atoms with van der Waals surface area (Å²) in [4.78, 5) is 0. The molecule has 0 saturated heterocycles. The van der Waals surface area contributed by atoms with Crippen molar-refractivity contribution in [3.8, 4) is 0 Å². The van der Waals surface area contributed by atoms with Crippen LogP contribution in [0.1, 0.15) is 54.4 Å². The molecule has 0 fully saturated rings. The van der Waals surface area contributed by atoms with E-state index in [1.807, 2.05) is 6.92 Å². The summed E-state index contributed by atoms with van der Waals surface area (Å²) >= 11 is 0. The molecule has 0 spiro atoms. The third-order valence-electron chi connectivity index (χ3n) is 2.91. The Bertz CT molecular complexity index is 209. The van der Waals surface area contributed by atoms with Crippen molar-refractivity contribution in [3.63, 3.8) is 0 Å². The maximum atomic E-state index is 5.75. The largest absolute Gasteiger partial charge is 0.382 e. The number of ether oxygens (including phenoxy) is 2. The molecular weight excluding hydrogens is 238 g/mol. The second-order valence-electron chi connectivity index (χ2n) is 7.25. The van der Waals surface area contributed by atoms with Crippen LogP contribution in [0.25, 0.3) is 0 Å². The molecular formula is C16H35NO2. The van der Waals surface area contributed by atoms with Crippen LogP contribution < -0.4 is 5.32 Å². The van der Waals surface area contributed by atoms with Gasteiger partial charge in [0.2, 0.25) is 0 Å². The predicted octanol–water partition coefficient (Wildman–Crippen LogP) is 3.48. The van der Waals surface area contributed by atoms with Crippen LogP contribution in [0.2, 0.25) is 0 Å². The lowest BCUT2D eigenvalue weighted by atomic mass is 9.89. The van der Waals surface area contributed by atoms with E-state index in [4.69, 9.17) is 9.47 Å². The van der Waals surface area contributed by atoms with Gasteiger partial charge >= 0.3 is 0 Å². The molecule has 0 aromatic carbocycles. The van der Waals surface area contributed by atoms with Crippen molar-refractivity contribution >= 4 is 0 Å². The highest BCUT2D eigenvalue weighted by molar-refractivity contribution is 4.71. The van der Waals surface area contributed by atoms with Gasteiger partial charge in [-0.15, -0.1) is 0 Å². The number of nitrogens with one attached hydrogen (secondary N) is 1. The van der Waals surface area contributed by atoms with Crippen molar-refractivity contribution in [1.29, 1.82) is 0 Å². The van der Waals surface area contributed by atoms with Crippen molar-refractivity contribution in [1.82, 2.24) is 5.32 Å². The van der Waals surface area contributed by atoms with Gasteiger partial charge in [0.25, 0.3) is 0 Å². The average molecular weight is 273 g/mol. The normalized spacial score (nSPS) is 12.9. The highest BCUT2D eigenvalue weighted by Crippen LogP contribution is 2.20. The first kappa shape index (κ1) is 18.9. The van der Waals surface area contributed by atoms with Crippen molar-refractivity contribution in [2.45, 2.75) is 54.4 Å². The molecule has 0 saturated carbocycles. The van der Waals surface area contributed by atoms with E-state index in [0.29, 0.717) is 5.41 Å². The zero-order valence-corrected chi connectivity index (χ0v) is 14.0. The van der Waals surface area contributed by atoms with Gasteiger partial charge in [0.1, 0.15) is 0 Å². The Kier molecular flexibility index (Phi) is 9.67. The minimum absolute atomic E-state index is 0.266. The summed E-state index contributed by atoms with van der Waals surface area (Å²) in [5.74, 6) is 0. The second kappa shape index (κ2) is 9.73. The Morgan fingerprint density at radius 1 is 0.947 bits per heavy atom. The molecule has 0 amide bonds. The van der Waals surface area contributed by atoms with Gasteiger partial charge in [-0.05, 0) is 37.1 Å². The smallest absolute Gasteiger partial charge is 0.0514 e. The fraction of sp³-hybridized carbons (Fsp3) is 1.00. The zero-order valence-electron chi connectivity index (χ0n) is 14.0. The average Bonchev–Trinajstić information content (AvgIpc) is 2.28. The summed E-state index contributed by atoms with van der Waals surface area (Å²) in [5, 5.41) is 3.51. The molecule has 1 N–H and O–H groups in total. The van der Waals surface area contributed by atoms with Crippen molar-refractivity contribution < 1.29 is 9.47 Å². The van der Waals surface area contributed by atoms with E-state index >= 15 is 0 Å². The monoisotopic (exact) mass is 273 g/mol. The molecule has 19 heavy (non-hydrogen) atoms. The van der Waals surface area contributed by atoms with Crippen LogP contribution in [-0.2, 0) is 9.47 Å². The highest BCUT2D eigenvalue weighted by Gasteiger charge is 2.18. The van der Waals surface area contributed by atoms with Gasteiger partial charge in [0.15, 0.2) is 0 Å². The van der Waals surface area contributed by atoms with Gasteiger partial charge in [0, 0.05) is 26.4 Å². The summed E-state index contributed by atoms with van der Waals surface area (Å²) in [6.07, 6.45) is 2.19. The lowest BCUT2D eigenvalue weighted by Gasteiger charge is -2.26. The van der Waals surface area contributed by atoms with Crippen molar-refractivity contribution in [3.05, 3.63) is 0 Å². The van der Waals surface area contributed by atoms with Crippen LogP contribution in [0.4, 0.5) is 0 Å². The van der Waals surface area contributed by atoms with Gasteiger partial charge < -0.3 is 14.8 Å². The molecule has 0 atom stereocenters. The van der Waals surface area contributed by atoms with Crippen LogP contribution in [0, 0.1) is 10.8 Å². The molecule has 3 nitrogen and oxygen atoms in total. The van der Waals surface area contributed by atoms with Crippen LogP contribution in [0.5, 0.6) is 0 Å². The molecule has 0 radical (unpaired) electrons. The summed E-state index contributed by atoms with van der Waals surface area (Å²) in [7, 11) is 0. The molecule has 0 aromatic heterocycles. The number of hydrogen-bond donors (Lipinski definition) is 1. The molecule has 0 unspecified atom stereocenters. The molecule has 0 aliphatic carbocycles. The van der Waals surface area contributed by atoms with Crippen LogP contribution in [0.15, 0.2) is 0 Å². The first-order valence-corrected chi connectivity index (χ1v) is 7.63. The minimum Gasteiger partial charge on any atom is -0.382 e. The molecule has 0 aliphatic rings. The van der Waals surface area contributed by atoms with Gasteiger partial charge in [-0.25, -0.2) is 0 Å². The van der Waals surface area contributed by atoms with E-state index in [9.17, 15) is 0 Å². The predicted molar refractivity (Wildman–Crippen MR) is 82.7 cm³/mol. The zero-order chi connectivity index (χ0) is 14.8. The third kappa shape index (κ3) is 14.1. The summed E-state index contributed by atoms with van der Waals surface area (Å²) in [6, 6.07) is 0. The third-order valence-corrected chi connectivity index (χ3v) is 2.91. The Morgan fingerprint density at radius 2 is 1.63 bits per heavy atom. The summed E-state index contributed by atoms with van der Waals surface area (Å²) in [5.41, 5.74) is 0.561. The maximum absolute atomic E-state index is 5.75. The molecule has 3 heteroatoms. The lowest BCUT2D eigenvalue weighted by Crippen LogP contribution is -2.31. The number of rotatable bonds is 11. The van der Waals surface area contributed by atoms with Crippen molar-refractivity contribution in [2.24, 2.45) is 10.8 Å².